The van der Waals surface area contributed by atoms with Crippen molar-refractivity contribution < 1.29 is 17.9 Å². The third kappa shape index (κ3) is 2.84. The second-order valence-corrected chi connectivity index (χ2v) is 4.62. The Hall–Kier alpha value is -1.69. The number of para-hydroxylation sites is 1. The molecule has 100 valence electrons. The average Bonchev–Trinajstić information content (AvgIpc) is 2.37. The number of anilines is 1. The molecule has 0 saturated heterocycles. The molecule has 0 fully saturated rings. The standard InChI is InChI=1S/C13H9BrF3NO/c14-8-4-5-9(15)7(12(8)17)6-19-13-10(16)2-1-3-11(13)18/h1-5H,6,18H2. The topological polar surface area (TPSA) is 35.2 Å². The van der Waals surface area contributed by atoms with Crippen LogP contribution in [0.15, 0.2) is 34.8 Å². The van der Waals surface area contributed by atoms with Gasteiger partial charge in [-0.25, -0.2) is 13.2 Å². The molecule has 0 amide bonds. The van der Waals surface area contributed by atoms with E-state index in [9.17, 15) is 13.2 Å². The van der Waals surface area contributed by atoms with Crippen LogP contribution < -0.4 is 10.5 Å². The van der Waals surface area contributed by atoms with E-state index in [1.54, 1.807) is 0 Å². The summed E-state index contributed by atoms with van der Waals surface area (Å²) in [6, 6.07) is 6.34. The molecular formula is C13H9BrF3NO. The molecule has 19 heavy (non-hydrogen) atoms. The minimum atomic E-state index is -0.782. The minimum absolute atomic E-state index is 0.0656. The largest absolute Gasteiger partial charge is 0.483 e. The maximum atomic E-state index is 13.7. The number of hydrogen-bond acceptors (Lipinski definition) is 2. The van der Waals surface area contributed by atoms with Gasteiger partial charge in [-0.05, 0) is 40.2 Å². The molecule has 0 aliphatic carbocycles. The summed E-state index contributed by atoms with van der Waals surface area (Å²) in [6.45, 7) is -0.456. The first-order chi connectivity index (χ1) is 9.00. The SMILES string of the molecule is Nc1cccc(F)c1OCc1c(F)ccc(Br)c1F. The van der Waals surface area contributed by atoms with Crippen LogP contribution in [0.4, 0.5) is 18.9 Å². The summed E-state index contributed by atoms with van der Waals surface area (Å²) in [5.41, 5.74) is 5.30. The lowest BCUT2D eigenvalue weighted by Gasteiger charge is -2.11. The van der Waals surface area contributed by atoms with Gasteiger partial charge in [0.05, 0.1) is 15.7 Å². The molecule has 6 heteroatoms. The molecule has 0 atom stereocenters. The van der Waals surface area contributed by atoms with Crippen LogP contribution in [-0.4, -0.2) is 0 Å². The zero-order valence-electron chi connectivity index (χ0n) is 9.59. The maximum absolute atomic E-state index is 13.7. The highest BCUT2D eigenvalue weighted by Gasteiger charge is 2.15. The Morgan fingerprint density at radius 1 is 1.05 bits per heavy atom. The van der Waals surface area contributed by atoms with Gasteiger partial charge in [0, 0.05) is 0 Å². The number of nitrogens with two attached hydrogens (primary N) is 1. The van der Waals surface area contributed by atoms with Gasteiger partial charge in [-0.2, -0.15) is 0 Å². The summed E-state index contributed by atoms with van der Waals surface area (Å²) in [5, 5.41) is 0. The normalized spacial score (nSPS) is 10.5. The predicted molar refractivity (Wildman–Crippen MR) is 69.2 cm³/mol. The van der Waals surface area contributed by atoms with Crippen LogP contribution >= 0.6 is 15.9 Å². The van der Waals surface area contributed by atoms with E-state index in [0.29, 0.717) is 0 Å². The fourth-order valence-electron chi connectivity index (χ4n) is 1.52. The van der Waals surface area contributed by atoms with Crippen molar-refractivity contribution in [3.05, 3.63) is 57.8 Å². The van der Waals surface area contributed by atoms with Gasteiger partial charge in [-0.3, -0.25) is 0 Å². The lowest BCUT2D eigenvalue weighted by Crippen LogP contribution is -2.05. The van der Waals surface area contributed by atoms with Crippen molar-refractivity contribution in [3.8, 4) is 5.75 Å². The van der Waals surface area contributed by atoms with E-state index in [2.05, 4.69) is 15.9 Å². The van der Waals surface area contributed by atoms with E-state index >= 15 is 0 Å². The summed E-state index contributed by atoms with van der Waals surface area (Å²) in [6.07, 6.45) is 0. The minimum Gasteiger partial charge on any atom is -0.483 e. The fraction of sp³-hybridized carbons (Fsp3) is 0.0769. The molecule has 0 aromatic heterocycles. The monoisotopic (exact) mass is 331 g/mol. The molecule has 2 rings (SSSR count). The van der Waals surface area contributed by atoms with E-state index < -0.39 is 24.1 Å². The fourth-order valence-corrected chi connectivity index (χ4v) is 1.89. The van der Waals surface area contributed by atoms with Gasteiger partial charge in [0.25, 0.3) is 0 Å². The first-order valence-electron chi connectivity index (χ1n) is 5.30. The average molecular weight is 332 g/mol. The molecule has 2 aromatic rings. The zero-order chi connectivity index (χ0) is 14.0. The van der Waals surface area contributed by atoms with Crippen LogP contribution in [0, 0.1) is 17.5 Å². The summed E-state index contributed by atoms with van der Waals surface area (Å²) in [7, 11) is 0. The number of ether oxygens (including phenoxy) is 1. The zero-order valence-corrected chi connectivity index (χ0v) is 11.2. The van der Waals surface area contributed by atoms with Crippen molar-refractivity contribution in [3.63, 3.8) is 0 Å². The number of benzene rings is 2. The van der Waals surface area contributed by atoms with E-state index in [1.807, 2.05) is 0 Å². The number of halogens is 4. The molecule has 2 N–H and O–H groups in total. The van der Waals surface area contributed by atoms with Crippen molar-refractivity contribution in [2.24, 2.45) is 0 Å². The number of hydrogen-bond donors (Lipinski definition) is 1. The Morgan fingerprint density at radius 3 is 2.47 bits per heavy atom. The number of rotatable bonds is 3. The van der Waals surface area contributed by atoms with Crippen LogP contribution in [0.25, 0.3) is 0 Å². The Kier molecular flexibility index (Phi) is 3.99. The lowest BCUT2D eigenvalue weighted by molar-refractivity contribution is 0.280. The van der Waals surface area contributed by atoms with Gasteiger partial charge in [-0.1, -0.05) is 6.07 Å². The van der Waals surface area contributed by atoms with E-state index in [-0.39, 0.29) is 21.5 Å². The Balaban J connectivity index is 2.27. The molecule has 2 nitrogen and oxygen atoms in total. The van der Waals surface area contributed by atoms with Crippen molar-refractivity contribution in [1.29, 1.82) is 0 Å². The van der Waals surface area contributed by atoms with Gasteiger partial charge in [-0.15, -0.1) is 0 Å². The second kappa shape index (κ2) is 5.52. The highest BCUT2D eigenvalue weighted by molar-refractivity contribution is 9.10. The van der Waals surface area contributed by atoms with Crippen LogP contribution in [0.1, 0.15) is 5.56 Å². The summed E-state index contributed by atoms with van der Waals surface area (Å²) >= 11 is 2.94. The van der Waals surface area contributed by atoms with E-state index in [0.717, 1.165) is 12.1 Å². The van der Waals surface area contributed by atoms with Crippen LogP contribution in [-0.2, 0) is 6.61 Å². The Morgan fingerprint density at radius 2 is 1.79 bits per heavy atom. The summed E-state index contributed by atoms with van der Waals surface area (Å²) in [5.74, 6) is -2.46. The van der Waals surface area contributed by atoms with Gasteiger partial charge in [0.1, 0.15) is 18.2 Å². The maximum Gasteiger partial charge on any atom is 0.178 e. The van der Waals surface area contributed by atoms with Crippen molar-refractivity contribution in [2.45, 2.75) is 6.61 Å². The lowest BCUT2D eigenvalue weighted by atomic mass is 10.2. The van der Waals surface area contributed by atoms with Crippen LogP contribution in [0.5, 0.6) is 5.75 Å². The van der Waals surface area contributed by atoms with Gasteiger partial charge < -0.3 is 10.5 Å². The quantitative estimate of drug-likeness (QED) is 0.680. The molecule has 0 saturated carbocycles. The van der Waals surface area contributed by atoms with Crippen LogP contribution in [0.2, 0.25) is 0 Å². The van der Waals surface area contributed by atoms with Crippen LogP contribution in [0.3, 0.4) is 0 Å². The summed E-state index contributed by atoms with van der Waals surface area (Å²) in [4.78, 5) is 0. The number of nitrogen functional groups attached to an aromatic ring is 1. The van der Waals surface area contributed by atoms with Gasteiger partial charge in [0.15, 0.2) is 11.6 Å². The highest BCUT2D eigenvalue weighted by atomic mass is 79.9. The molecule has 2 aromatic carbocycles. The Labute approximate surface area is 116 Å². The van der Waals surface area contributed by atoms with Gasteiger partial charge in [0.2, 0.25) is 0 Å². The summed E-state index contributed by atoms with van der Waals surface area (Å²) < 4.78 is 45.7. The van der Waals surface area contributed by atoms with Gasteiger partial charge >= 0.3 is 0 Å². The second-order valence-electron chi connectivity index (χ2n) is 3.77. The third-order valence-corrected chi connectivity index (χ3v) is 3.11. The molecule has 0 radical (unpaired) electrons. The molecular weight excluding hydrogens is 323 g/mol. The van der Waals surface area contributed by atoms with E-state index in [1.165, 1.54) is 18.2 Å². The smallest absolute Gasteiger partial charge is 0.178 e. The first kappa shape index (κ1) is 13.7. The molecule has 0 aliphatic rings. The van der Waals surface area contributed by atoms with E-state index in [4.69, 9.17) is 10.5 Å². The molecule has 0 unspecified atom stereocenters. The first-order valence-corrected chi connectivity index (χ1v) is 6.09. The molecule has 0 aliphatic heterocycles. The van der Waals surface area contributed by atoms with Crippen molar-refractivity contribution in [1.82, 2.24) is 0 Å². The highest BCUT2D eigenvalue weighted by Crippen LogP contribution is 2.27. The molecule has 0 bridgehead atoms. The Bertz CT molecular complexity index is 599. The molecule has 0 heterocycles. The van der Waals surface area contributed by atoms with Crippen molar-refractivity contribution in [2.75, 3.05) is 5.73 Å². The predicted octanol–water partition coefficient (Wildman–Crippen LogP) is 4.03. The van der Waals surface area contributed by atoms with Crippen molar-refractivity contribution >= 4 is 21.6 Å². The third-order valence-electron chi connectivity index (χ3n) is 2.50. The molecule has 0 spiro atoms.